The molecule has 72 valence electrons. The van der Waals surface area contributed by atoms with Crippen molar-refractivity contribution in [2.24, 2.45) is 10.8 Å². The standard InChI is InChI=1S/C12H19N/c1-11(6-3-2-4-7-11)12(10-13)8-5-9-12/h2-9H2,1H3. The summed E-state index contributed by atoms with van der Waals surface area (Å²) in [6, 6.07) is 2.63. The van der Waals surface area contributed by atoms with Gasteiger partial charge in [-0.05, 0) is 31.1 Å². The van der Waals surface area contributed by atoms with E-state index in [9.17, 15) is 5.26 Å². The maximum atomic E-state index is 9.30. The molecular formula is C12H19N. The first-order valence-electron chi connectivity index (χ1n) is 5.64. The van der Waals surface area contributed by atoms with Crippen LogP contribution < -0.4 is 0 Å². The van der Waals surface area contributed by atoms with Crippen LogP contribution in [0.4, 0.5) is 0 Å². The molecule has 1 heteroatoms. The van der Waals surface area contributed by atoms with Gasteiger partial charge < -0.3 is 0 Å². The van der Waals surface area contributed by atoms with Gasteiger partial charge in [-0.1, -0.05) is 32.6 Å². The van der Waals surface area contributed by atoms with Crippen molar-refractivity contribution in [1.29, 1.82) is 5.26 Å². The third kappa shape index (κ3) is 1.19. The van der Waals surface area contributed by atoms with Gasteiger partial charge in [-0.25, -0.2) is 0 Å². The summed E-state index contributed by atoms with van der Waals surface area (Å²) in [6.07, 6.45) is 10.3. The SMILES string of the molecule is CC1(C2(C#N)CCC2)CCCCC1. The molecule has 0 spiro atoms. The van der Waals surface area contributed by atoms with E-state index in [1.165, 1.54) is 51.4 Å². The number of nitrogens with zero attached hydrogens (tertiary/aromatic N) is 1. The van der Waals surface area contributed by atoms with Gasteiger partial charge in [0, 0.05) is 0 Å². The predicted molar refractivity (Wildman–Crippen MR) is 53.1 cm³/mol. The number of rotatable bonds is 1. The second-order valence-electron chi connectivity index (χ2n) is 5.17. The molecule has 0 N–H and O–H groups in total. The Kier molecular flexibility index (Phi) is 2.10. The summed E-state index contributed by atoms with van der Waals surface area (Å²) in [5, 5.41) is 9.30. The molecule has 2 aliphatic rings. The molecular weight excluding hydrogens is 158 g/mol. The van der Waals surface area contributed by atoms with Gasteiger partial charge in [0.25, 0.3) is 0 Å². The largest absolute Gasteiger partial charge is 0.198 e. The van der Waals surface area contributed by atoms with Crippen molar-refractivity contribution in [2.75, 3.05) is 0 Å². The van der Waals surface area contributed by atoms with Crippen LogP contribution in [0.3, 0.4) is 0 Å². The molecule has 0 aromatic heterocycles. The molecule has 2 saturated carbocycles. The molecule has 0 atom stereocenters. The molecule has 0 heterocycles. The zero-order valence-electron chi connectivity index (χ0n) is 8.60. The lowest BCUT2D eigenvalue weighted by Crippen LogP contribution is -2.45. The van der Waals surface area contributed by atoms with E-state index in [1.54, 1.807) is 0 Å². The Balaban J connectivity index is 2.16. The highest BCUT2D eigenvalue weighted by atomic mass is 14.6. The summed E-state index contributed by atoms with van der Waals surface area (Å²) >= 11 is 0. The van der Waals surface area contributed by atoms with Gasteiger partial charge in [-0.3, -0.25) is 0 Å². The van der Waals surface area contributed by atoms with Gasteiger partial charge in [0.15, 0.2) is 0 Å². The van der Waals surface area contributed by atoms with Gasteiger partial charge in [0.05, 0.1) is 11.5 Å². The van der Waals surface area contributed by atoms with Crippen LogP contribution in [0, 0.1) is 22.2 Å². The Hall–Kier alpha value is -0.510. The van der Waals surface area contributed by atoms with E-state index >= 15 is 0 Å². The van der Waals surface area contributed by atoms with E-state index in [0.29, 0.717) is 5.41 Å². The Morgan fingerprint density at radius 1 is 0.923 bits per heavy atom. The van der Waals surface area contributed by atoms with E-state index in [1.807, 2.05) is 0 Å². The molecule has 0 aromatic rings. The zero-order chi connectivity index (χ0) is 9.36. The van der Waals surface area contributed by atoms with E-state index in [0.717, 1.165) is 0 Å². The Bertz CT molecular complexity index is 226. The summed E-state index contributed by atoms with van der Waals surface area (Å²) in [5.41, 5.74) is 0.436. The van der Waals surface area contributed by atoms with E-state index in [4.69, 9.17) is 0 Å². The molecule has 2 rings (SSSR count). The van der Waals surface area contributed by atoms with Crippen LogP contribution >= 0.6 is 0 Å². The molecule has 13 heavy (non-hydrogen) atoms. The minimum Gasteiger partial charge on any atom is -0.198 e. The molecule has 2 fully saturated rings. The highest BCUT2D eigenvalue weighted by Gasteiger charge is 2.52. The maximum Gasteiger partial charge on any atom is 0.0695 e. The summed E-state index contributed by atoms with van der Waals surface area (Å²) < 4.78 is 0. The molecule has 0 bridgehead atoms. The van der Waals surface area contributed by atoms with Crippen molar-refractivity contribution in [3.8, 4) is 6.07 Å². The Labute approximate surface area is 81.1 Å². The van der Waals surface area contributed by atoms with Gasteiger partial charge in [0.1, 0.15) is 0 Å². The molecule has 0 unspecified atom stereocenters. The highest BCUT2D eigenvalue weighted by Crippen LogP contribution is 2.59. The molecule has 0 radical (unpaired) electrons. The third-order valence-electron chi connectivity index (χ3n) is 4.53. The fourth-order valence-electron chi connectivity index (χ4n) is 3.19. The number of hydrogen-bond donors (Lipinski definition) is 0. The second-order valence-corrected chi connectivity index (χ2v) is 5.17. The highest BCUT2D eigenvalue weighted by molar-refractivity contribution is 5.13. The summed E-state index contributed by atoms with van der Waals surface area (Å²) in [6.45, 7) is 2.36. The summed E-state index contributed by atoms with van der Waals surface area (Å²) in [5.74, 6) is 0. The van der Waals surface area contributed by atoms with Crippen molar-refractivity contribution in [3.05, 3.63) is 0 Å². The van der Waals surface area contributed by atoms with Crippen LogP contribution in [0.5, 0.6) is 0 Å². The number of hydrogen-bond acceptors (Lipinski definition) is 1. The average molecular weight is 177 g/mol. The molecule has 0 aromatic carbocycles. The predicted octanol–water partition coefficient (Wildman–Crippen LogP) is 3.65. The lowest BCUT2D eigenvalue weighted by molar-refractivity contribution is -0.00400. The molecule has 0 saturated heterocycles. The fraction of sp³-hybridized carbons (Fsp3) is 0.917. The summed E-state index contributed by atoms with van der Waals surface area (Å²) in [4.78, 5) is 0. The number of nitriles is 1. The van der Waals surface area contributed by atoms with Gasteiger partial charge in [-0.2, -0.15) is 5.26 Å². The second kappa shape index (κ2) is 3.01. The van der Waals surface area contributed by atoms with Gasteiger partial charge >= 0.3 is 0 Å². The van der Waals surface area contributed by atoms with E-state index < -0.39 is 0 Å². The summed E-state index contributed by atoms with van der Waals surface area (Å²) in [7, 11) is 0. The first kappa shape index (κ1) is 9.06. The average Bonchev–Trinajstić information content (AvgIpc) is 2.04. The van der Waals surface area contributed by atoms with Crippen LogP contribution in [0.25, 0.3) is 0 Å². The Morgan fingerprint density at radius 2 is 1.54 bits per heavy atom. The first-order chi connectivity index (χ1) is 6.22. The maximum absolute atomic E-state index is 9.30. The first-order valence-corrected chi connectivity index (χ1v) is 5.64. The third-order valence-corrected chi connectivity index (χ3v) is 4.53. The van der Waals surface area contributed by atoms with Crippen molar-refractivity contribution in [1.82, 2.24) is 0 Å². The Morgan fingerprint density at radius 3 is 1.92 bits per heavy atom. The van der Waals surface area contributed by atoms with Crippen LogP contribution in [0.15, 0.2) is 0 Å². The normalized spacial score (nSPS) is 30.2. The van der Waals surface area contributed by atoms with Crippen LogP contribution in [0.2, 0.25) is 0 Å². The van der Waals surface area contributed by atoms with Crippen LogP contribution in [0.1, 0.15) is 58.3 Å². The minimum atomic E-state index is 0.0768. The molecule has 1 nitrogen and oxygen atoms in total. The molecule has 2 aliphatic carbocycles. The fourth-order valence-corrected chi connectivity index (χ4v) is 3.19. The lowest BCUT2D eigenvalue weighted by Gasteiger charge is -2.52. The monoisotopic (exact) mass is 177 g/mol. The van der Waals surface area contributed by atoms with Gasteiger partial charge in [0.2, 0.25) is 0 Å². The van der Waals surface area contributed by atoms with Crippen molar-refractivity contribution in [3.63, 3.8) is 0 Å². The van der Waals surface area contributed by atoms with Crippen LogP contribution in [-0.4, -0.2) is 0 Å². The van der Waals surface area contributed by atoms with Gasteiger partial charge in [-0.15, -0.1) is 0 Å². The molecule has 0 amide bonds. The smallest absolute Gasteiger partial charge is 0.0695 e. The van der Waals surface area contributed by atoms with Crippen LogP contribution in [-0.2, 0) is 0 Å². The molecule has 0 aliphatic heterocycles. The minimum absolute atomic E-state index is 0.0768. The van der Waals surface area contributed by atoms with E-state index in [-0.39, 0.29) is 5.41 Å². The van der Waals surface area contributed by atoms with E-state index in [2.05, 4.69) is 13.0 Å². The zero-order valence-corrected chi connectivity index (χ0v) is 8.60. The lowest BCUT2D eigenvalue weighted by atomic mass is 9.50. The topological polar surface area (TPSA) is 23.8 Å². The van der Waals surface area contributed by atoms with Crippen molar-refractivity contribution in [2.45, 2.75) is 58.3 Å². The quantitative estimate of drug-likeness (QED) is 0.599. The van der Waals surface area contributed by atoms with Crippen molar-refractivity contribution < 1.29 is 0 Å². The van der Waals surface area contributed by atoms with Crippen molar-refractivity contribution >= 4 is 0 Å².